The Balaban J connectivity index is 1.65. The summed E-state index contributed by atoms with van der Waals surface area (Å²) in [5.74, 6) is -0.800. The maximum absolute atomic E-state index is 12.4. The van der Waals surface area contributed by atoms with Crippen LogP contribution in [-0.4, -0.2) is 31.0 Å². The highest BCUT2D eigenvalue weighted by atomic mass is 79.9. The highest BCUT2D eigenvalue weighted by Crippen LogP contribution is 2.24. The molecule has 0 amide bonds. The molecule has 3 rings (SSSR count). The molecule has 6 nitrogen and oxygen atoms in total. The number of nitrogens with one attached hydrogen (secondary N) is 1. The Morgan fingerprint density at radius 1 is 1.03 bits per heavy atom. The SMILES string of the molecule is O=C(O)CCC/C=C(/c1ccc(CCNS(=O)(=O)c2ccc(Br)cc2)cc1)c1cccnc1. The number of carbonyl (C=O) groups is 1. The summed E-state index contributed by atoms with van der Waals surface area (Å²) in [5, 5.41) is 8.86. The molecule has 8 heteroatoms. The lowest BCUT2D eigenvalue weighted by molar-refractivity contribution is -0.137. The number of halogens is 1. The van der Waals surface area contributed by atoms with Gasteiger partial charge < -0.3 is 5.11 Å². The Hall–Kier alpha value is -2.81. The molecule has 0 aliphatic carbocycles. The molecule has 0 spiro atoms. The van der Waals surface area contributed by atoms with Gasteiger partial charge in [0.1, 0.15) is 0 Å². The molecule has 1 aromatic heterocycles. The first-order valence-corrected chi connectivity index (χ1v) is 12.8. The van der Waals surface area contributed by atoms with Crippen molar-refractivity contribution in [2.24, 2.45) is 0 Å². The zero-order valence-corrected chi connectivity index (χ0v) is 20.3. The van der Waals surface area contributed by atoms with Crippen molar-refractivity contribution >= 4 is 37.5 Å². The molecule has 2 N–H and O–H groups in total. The van der Waals surface area contributed by atoms with E-state index in [0.29, 0.717) is 19.3 Å². The van der Waals surface area contributed by atoms with Gasteiger partial charge in [0, 0.05) is 35.4 Å². The Bertz CT molecular complexity index is 1190. The minimum absolute atomic E-state index is 0.131. The van der Waals surface area contributed by atoms with Gasteiger partial charge in [0.25, 0.3) is 0 Å². The van der Waals surface area contributed by atoms with E-state index in [1.807, 2.05) is 42.5 Å². The third kappa shape index (κ3) is 7.63. The van der Waals surface area contributed by atoms with Crippen LogP contribution in [0.1, 0.15) is 36.0 Å². The predicted molar refractivity (Wildman–Crippen MR) is 132 cm³/mol. The van der Waals surface area contributed by atoms with Crippen LogP contribution in [0.25, 0.3) is 5.57 Å². The average Bonchev–Trinajstić information content (AvgIpc) is 2.80. The third-order valence-electron chi connectivity index (χ3n) is 5.01. The van der Waals surface area contributed by atoms with Gasteiger partial charge in [0.15, 0.2) is 0 Å². The minimum atomic E-state index is -3.55. The molecule has 0 aliphatic heterocycles. The number of nitrogens with zero attached hydrogens (tertiary/aromatic N) is 1. The Morgan fingerprint density at radius 2 is 1.76 bits per heavy atom. The summed E-state index contributed by atoms with van der Waals surface area (Å²) < 4.78 is 28.3. The van der Waals surface area contributed by atoms with Gasteiger partial charge in [0.05, 0.1) is 4.90 Å². The molecule has 2 aromatic carbocycles. The van der Waals surface area contributed by atoms with Gasteiger partial charge in [-0.2, -0.15) is 0 Å². The predicted octanol–water partition coefficient (Wildman–Crippen LogP) is 5.05. The van der Waals surface area contributed by atoms with E-state index in [9.17, 15) is 13.2 Å². The fourth-order valence-corrected chi connectivity index (χ4v) is 4.60. The smallest absolute Gasteiger partial charge is 0.303 e. The Morgan fingerprint density at radius 3 is 2.39 bits per heavy atom. The van der Waals surface area contributed by atoms with Gasteiger partial charge in [-0.1, -0.05) is 52.3 Å². The van der Waals surface area contributed by atoms with Crippen molar-refractivity contribution in [2.45, 2.75) is 30.6 Å². The molecular weight excluding hydrogens is 504 g/mol. The number of allylic oxidation sites excluding steroid dienone is 1. The number of unbranched alkanes of at least 4 members (excludes halogenated alkanes) is 1. The molecule has 0 radical (unpaired) electrons. The summed E-state index contributed by atoms with van der Waals surface area (Å²) in [5.41, 5.74) is 3.96. The lowest BCUT2D eigenvalue weighted by Crippen LogP contribution is -2.25. The van der Waals surface area contributed by atoms with E-state index < -0.39 is 16.0 Å². The third-order valence-corrected chi connectivity index (χ3v) is 7.02. The van der Waals surface area contributed by atoms with Crippen LogP contribution in [0.3, 0.4) is 0 Å². The van der Waals surface area contributed by atoms with E-state index in [1.165, 1.54) is 0 Å². The first kappa shape index (κ1) is 24.8. The van der Waals surface area contributed by atoms with Crippen molar-refractivity contribution in [1.82, 2.24) is 9.71 Å². The topological polar surface area (TPSA) is 96.4 Å². The number of hydrogen-bond donors (Lipinski definition) is 2. The summed E-state index contributed by atoms with van der Waals surface area (Å²) in [4.78, 5) is 15.2. The van der Waals surface area contributed by atoms with Gasteiger partial charge in [-0.05, 0) is 66.3 Å². The highest BCUT2D eigenvalue weighted by molar-refractivity contribution is 9.10. The lowest BCUT2D eigenvalue weighted by atomic mass is 9.96. The van der Waals surface area contributed by atoms with E-state index in [4.69, 9.17) is 5.11 Å². The molecule has 0 atom stereocenters. The molecule has 0 unspecified atom stereocenters. The largest absolute Gasteiger partial charge is 0.481 e. The van der Waals surface area contributed by atoms with Crippen LogP contribution in [0, 0.1) is 0 Å². The van der Waals surface area contributed by atoms with Crippen molar-refractivity contribution in [2.75, 3.05) is 6.54 Å². The average molecular weight is 529 g/mol. The number of carboxylic acids is 1. The van der Waals surface area contributed by atoms with Crippen molar-refractivity contribution in [3.8, 4) is 0 Å². The van der Waals surface area contributed by atoms with Crippen LogP contribution in [0.2, 0.25) is 0 Å². The number of aromatic nitrogens is 1. The van der Waals surface area contributed by atoms with Crippen LogP contribution in [0.15, 0.2) is 88.5 Å². The lowest BCUT2D eigenvalue weighted by Gasteiger charge is -2.10. The van der Waals surface area contributed by atoms with Crippen LogP contribution in [0.5, 0.6) is 0 Å². The van der Waals surface area contributed by atoms with E-state index >= 15 is 0 Å². The molecule has 0 saturated carbocycles. The molecule has 0 aliphatic rings. The second kappa shape index (κ2) is 11.9. The summed E-state index contributed by atoms with van der Waals surface area (Å²) >= 11 is 3.30. The van der Waals surface area contributed by atoms with Crippen LogP contribution < -0.4 is 4.72 Å². The molecule has 3 aromatic rings. The standard InChI is InChI=1S/C25H25BrN2O4S/c26-22-11-13-23(14-12-22)33(31,32)28-17-15-19-7-9-20(10-8-19)24(5-1-2-6-25(29)30)21-4-3-16-27-18-21/h3-5,7-14,16,18,28H,1-2,6,15,17H2,(H,29,30)/b24-5-. The number of benzene rings is 2. The monoisotopic (exact) mass is 528 g/mol. The maximum atomic E-state index is 12.4. The Kier molecular flexibility index (Phi) is 8.94. The molecular formula is C25H25BrN2O4S. The zero-order chi connectivity index (χ0) is 23.7. The first-order valence-electron chi connectivity index (χ1n) is 10.5. The maximum Gasteiger partial charge on any atom is 0.303 e. The second-order valence-corrected chi connectivity index (χ2v) is 10.1. The van der Waals surface area contributed by atoms with Gasteiger partial charge in [0.2, 0.25) is 10.0 Å². The van der Waals surface area contributed by atoms with Crippen molar-refractivity contribution in [1.29, 1.82) is 0 Å². The summed E-state index contributed by atoms with van der Waals surface area (Å²) in [6.07, 6.45) is 7.44. The minimum Gasteiger partial charge on any atom is -0.481 e. The number of aliphatic carboxylic acids is 1. The van der Waals surface area contributed by atoms with Crippen molar-refractivity contribution < 1.29 is 18.3 Å². The molecule has 33 heavy (non-hydrogen) atoms. The quantitative estimate of drug-likeness (QED) is 0.339. The van der Waals surface area contributed by atoms with E-state index in [2.05, 4.69) is 25.6 Å². The van der Waals surface area contributed by atoms with Crippen molar-refractivity contribution in [3.63, 3.8) is 0 Å². The zero-order valence-electron chi connectivity index (χ0n) is 17.9. The number of hydrogen-bond acceptors (Lipinski definition) is 4. The molecule has 1 heterocycles. The van der Waals surface area contributed by atoms with Crippen LogP contribution in [-0.2, 0) is 21.2 Å². The van der Waals surface area contributed by atoms with Gasteiger partial charge in [-0.25, -0.2) is 13.1 Å². The fourth-order valence-electron chi connectivity index (χ4n) is 3.30. The normalized spacial score (nSPS) is 12.0. The van der Waals surface area contributed by atoms with Gasteiger partial charge in [-0.3, -0.25) is 9.78 Å². The summed E-state index contributed by atoms with van der Waals surface area (Å²) in [7, 11) is -3.55. The number of rotatable bonds is 11. The van der Waals surface area contributed by atoms with E-state index in [0.717, 1.165) is 26.7 Å². The summed E-state index contributed by atoms with van der Waals surface area (Å²) in [6, 6.07) is 18.3. The number of pyridine rings is 1. The summed E-state index contributed by atoms with van der Waals surface area (Å²) in [6.45, 7) is 0.290. The van der Waals surface area contributed by atoms with Crippen LogP contribution in [0.4, 0.5) is 0 Å². The molecule has 172 valence electrons. The van der Waals surface area contributed by atoms with Crippen molar-refractivity contribution in [3.05, 3.63) is 100 Å². The van der Waals surface area contributed by atoms with Gasteiger partial charge >= 0.3 is 5.97 Å². The highest BCUT2D eigenvalue weighted by Gasteiger charge is 2.13. The molecule has 0 saturated heterocycles. The Labute approximate surface area is 202 Å². The number of sulfonamides is 1. The first-order chi connectivity index (χ1) is 15.8. The second-order valence-electron chi connectivity index (χ2n) is 7.44. The van der Waals surface area contributed by atoms with E-state index in [1.54, 1.807) is 36.7 Å². The number of carboxylic acid groups (broad SMARTS) is 1. The molecule has 0 bridgehead atoms. The van der Waals surface area contributed by atoms with Gasteiger partial charge in [-0.15, -0.1) is 0 Å². The van der Waals surface area contributed by atoms with Crippen LogP contribution >= 0.6 is 15.9 Å². The molecule has 0 fully saturated rings. The fraction of sp³-hybridized carbons (Fsp3) is 0.200. The van der Waals surface area contributed by atoms with E-state index in [-0.39, 0.29) is 17.9 Å².